The number of rotatable bonds is 6. The second-order valence-electron chi connectivity index (χ2n) is 6.41. The van der Waals surface area contributed by atoms with Crippen LogP contribution in [0.3, 0.4) is 0 Å². The second-order valence-corrected chi connectivity index (χ2v) is 6.41. The van der Waals surface area contributed by atoms with E-state index in [1.165, 1.54) is 31.4 Å². The quantitative estimate of drug-likeness (QED) is 0.883. The van der Waals surface area contributed by atoms with E-state index in [1.807, 2.05) is 12.1 Å². The molecule has 0 aliphatic heterocycles. The summed E-state index contributed by atoms with van der Waals surface area (Å²) >= 11 is 0. The van der Waals surface area contributed by atoms with Crippen molar-refractivity contribution < 1.29 is 8.81 Å². The highest BCUT2D eigenvalue weighted by atomic mass is 19.1. The average Bonchev–Trinajstić information content (AvgIpc) is 3.22. The van der Waals surface area contributed by atoms with Crippen LogP contribution in [0.5, 0.6) is 0 Å². The topological polar surface area (TPSA) is 51.0 Å². The number of halogens is 1. The monoisotopic (exact) mass is 301 g/mol. The molecule has 22 heavy (non-hydrogen) atoms. The molecule has 1 atom stereocenters. The lowest BCUT2D eigenvalue weighted by Crippen LogP contribution is -2.32. The number of hydrogen-bond acceptors (Lipinski definition) is 4. The van der Waals surface area contributed by atoms with Crippen LogP contribution in [0.25, 0.3) is 0 Å². The van der Waals surface area contributed by atoms with Gasteiger partial charge < -0.3 is 9.73 Å². The van der Waals surface area contributed by atoms with Crippen molar-refractivity contribution >= 4 is 0 Å². The van der Waals surface area contributed by atoms with Gasteiger partial charge in [-0.1, -0.05) is 18.6 Å². The van der Waals surface area contributed by atoms with E-state index in [0.717, 1.165) is 24.3 Å². The van der Waals surface area contributed by atoms with Crippen LogP contribution in [0.2, 0.25) is 0 Å². The van der Waals surface area contributed by atoms with Crippen LogP contribution in [0, 0.1) is 11.7 Å². The summed E-state index contributed by atoms with van der Waals surface area (Å²) < 4.78 is 18.8. The first-order valence-corrected chi connectivity index (χ1v) is 8.11. The molecule has 2 fully saturated rings. The van der Waals surface area contributed by atoms with Crippen LogP contribution in [0.15, 0.2) is 28.7 Å². The van der Waals surface area contributed by atoms with E-state index >= 15 is 0 Å². The summed E-state index contributed by atoms with van der Waals surface area (Å²) in [5.74, 6) is 2.33. The predicted molar refractivity (Wildman–Crippen MR) is 79.6 cm³/mol. The summed E-state index contributed by atoms with van der Waals surface area (Å²) in [5.41, 5.74) is 1.13. The van der Waals surface area contributed by atoms with Crippen molar-refractivity contribution in [1.82, 2.24) is 15.5 Å². The zero-order chi connectivity index (χ0) is 14.9. The normalized spacial score (nSPS) is 19.9. The maximum absolute atomic E-state index is 13.1. The van der Waals surface area contributed by atoms with E-state index in [9.17, 15) is 4.39 Å². The molecule has 0 radical (unpaired) electrons. The molecule has 1 aromatic carbocycles. The molecule has 2 aliphatic carbocycles. The molecule has 1 heterocycles. The molecule has 2 aromatic rings. The molecular weight excluding hydrogens is 281 g/mol. The molecule has 0 amide bonds. The van der Waals surface area contributed by atoms with Crippen LogP contribution in [0.1, 0.15) is 61.4 Å². The van der Waals surface area contributed by atoms with Crippen molar-refractivity contribution in [3.63, 3.8) is 0 Å². The lowest BCUT2D eigenvalue weighted by Gasteiger charge is -2.34. The van der Waals surface area contributed by atoms with Crippen molar-refractivity contribution in [3.8, 4) is 0 Å². The van der Waals surface area contributed by atoms with Gasteiger partial charge in [0.1, 0.15) is 5.82 Å². The van der Waals surface area contributed by atoms with Gasteiger partial charge in [0.15, 0.2) is 0 Å². The summed E-state index contributed by atoms with van der Waals surface area (Å²) in [6.45, 7) is 0.568. The van der Waals surface area contributed by atoms with Gasteiger partial charge in [0.2, 0.25) is 11.8 Å². The fraction of sp³-hybridized carbons (Fsp3) is 0.529. The molecule has 2 saturated carbocycles. The van der Waals surface area contributed by atoms with Gasteiger partial charge in [-0.05, 0) is 49.3 Å². The van der Waals surface area contributed by atoms with Gasteiger partial charge >= 0.3 is 0 Å². The van der Waals surface area contributed by atoms with Crippen LogP contribution >= 0.6 is 0 Å². The minimum Gasteiger partial charge on any atom is -0.424 e. The zero-order valence-corrected chi connectivity index (χ0v) is 12.5. The molecule has 1 aromatic heterocycles. The van der Waals surface area contributed by atoms with Gasteiger partial charge in [-0.25, -0.2) is 4.39 Å². The summed E-state index contributed by atoms with van der Waals surface area (Å²) in [6, 6.07) is 7.02. The predicted octanol–water partition coefficient (Wildman–Crippen LogP) is 3.72. The molecule has 5 heteroatoms. The summed E-state index contributed by atoms with van der Waals surface area (Å²) in [7, 11) is 0. The molecule has 2 aliphatic rings. The van der Waals surface area contributed by atoms with Gasteiger partial charge in [-0.2, -0.15) is 0 Å². The first-order chi connectivity index (χ1) is 10.8. The Balaban J connectivity index is 1.44. The van der Waals surface area contributed by atoms with Crippen LogP contribution < -0.4 is 5.32 Å². The van der Waals surface area contributed by atoms with Crippen molar-refractivity contribution in [3.05, 3.63) is 47.4 Å². The number of nitrogens with zero attached hydrogens (tertiary/aromatic N) is 2. The molecule has 0 bridgehead atoms. The molecule has 116 valence electrons. The van der Waals surface area contributed by atoms with Gasteiger partial charge in [-0.15, -0.1) is 10.2 Å². The summed E-state index contributed by atoms with van der Waals surface area (Å²) in [5, 5.41) is 11.8. The highest BCUT2D eigenvalue weighted by molar-refractivity contribution is 5.21. The van der Waals surface area contributed by atoms with Crippen molar-refractivity contribution in [2.75, 3.05) is 0 Å². The number of benzene rings is 1. The highest BCUT2D eigenvalue weighted by Gasteiger charge is 2.31. The molecule has 0 spiro atoms. The van der Waals surface area contributed by atoms with Gasteiger partial charge in [0.05, 0.1) is 6.54 Å². The maximum Gasteiger partial charge on any atom is 0.230 e. The molecule has 0 unspecified atom stereocenters. The Morgan fingerprint density at radius 2 is 1.91 bits per heavy atom. The lowest BCUT2D eigenvalue weighted by atomic mass is 9.77. The van der Waals surface area contributed by atoms with E-state index in [4.69, 9.17) is 4.42 Å². The zero-order valence-electron chi connectivity index (χ0n) is 12.5. The van der Waals surface area contributed by atoms with Crippen LogP contribution in [-0.2, 0) is 6.54 Å². The van der Waals surface area contributed by atoms with Crippen LogP contribution in [-0.4, -0.2) is 10.2 Å². The molecule has 0 saturated heterocycles. The fourth-order valence-corrected chi connectivity index (χ4v) is 3.03. The fourth-order valence-electron chi connectivity index (χ4n) is 3.03. The van der Waals surface area contributed by atoms with Crippen molar-refractivity contribution in [2.45, 2.75) is 50.6 Å². The first-order valence-electron chi connectivity index (χ1n) is 8.11. The van der Waals surface area contributed by atoms with Gasteiger partial charge in [0, 0.05) is 12.0 Å². The second kappa shape index (κ2) is 5.80. The minimum atomic E-state index is -0.193. The summed E-state index contributed by atoms with van der Waals surface area (Å²) in [6.07, 6.45) is 6.03. The number of hydrogen-bond donors (Lipinski definition) is 1. The lowest BCUT2D eigenvalue weighted by molar-refractivity contribution is 0.224. The third-order valence-electron chi connectivity index (χ3n) is 4.73. The molecule has 1 N–H and O–H groups in total. The van der Waals surface area contributed by atoms with E-state index < -0.39 is 0 Å². The third kappa shape index (κ3) is 2.90. The Morgan fingerprint density at radius 3 is 2.55 bits per heavy atom. The van der Waals surface area contributed by atoms with Gasteiger partial charge in [-0.3, -0.25) is 0 Å². The largest absolute Gasteiger partial charge is 0.424 e. The maximum atomic E-state index is 13.1. The Hall–Kier alpha value is -1.75. The standard InChI is InChI=1S/C17H20FN3O/c18-14-8-6-12(7-9-14)16(11-2-1-3-11)19-10-15-20-21-17(22-15)13-4-5-13/h6-9,11,13,16,19H,1-5,10H2/t16-/m1/s1. The Labute approximate surface area is 129 Å². The third-order valence-corrected chi connectivity index (χ3v) is 4.73. The van der Waals surface area contributed by atoms with Gasteiger partial charge in [0.25, 0.3) is 0 Å². The van der Waals surface area contributed by atoms with E-state index in [2.05, 4.69) is 15.5 Å². The average molecular weight is 301 g/mol. The SMILES string of the molecule is Fc1ccc([C@H](NCc2nnc(C3CC3)o2)C2CCC2)cc1. The number of nitrogens with one attached hydrogen (secondary N) is 1. The summed E-state index contributed by atoms with van der Waals surface area (Å²) in [4.78, 5) is 0. The van der Waals surface area contributed by atoms with E-state index in [0.29, 0.717) is 24.3 Å². The first kappa shape index (κ1) is 13.9. The van der Waals surface area contributed by atoms with Crippen molar-refractivity contribution in [2.24, 2.45) is 5.92 Å². The van der Waals surface area contributed by atoms with Crippen molar-refractivity contribution in [1.29, 1.82) is 0 Å². The van der Waals surface area contributed by atoms with E-state index in [1.54, 1.807) is 0 Å². The van der Waals surface area contributed by atoms with E-state index in [-0.39, 0.29) is 11.9 Å². The molecule has 4 rings (SSSR count). The highest BCUT2D eigenvalue weighted by Crippen LogP contribution is 2.39. The minimum absolute atomic E-state index is 0.193. The number of aromatic nitrogens is 2. The smallest absolute Gasteiger partial charge is 0.230 e. The van der Waals surface area contributed by atoms with Crippen LogP contribution in [0.4, 0.5) is 4.39 Å². The molecule has 4 nitrogen and oxygen atoms in total. The Bertz CT molecular complexity index is 632. The Kier molecular flexibility index (Phi) is 3.66. The Morgan fingerprint density at radius 1 is 1.14 bits per heavy atom. The molecular formula is C17H20FN3O.